The Morgan fingerprint density at radius 1 is 1.44 bits per heavy atom. The summed E-state index contributed by atoms with van der Waals surface area (Å²) in [5, 5.41) is 9.06. The van der Waals surface area contributed by atoms with Gasteiger partial charge in [-0.1, -0.05) is 0 Å². The van der Waals surface area contributed by atoms with Crippen molar-refractivity contribution in [2.45, 2.75) is 6.92 Å². The second kappa shape index (κ2) is 5.52. The van der Waals surface area contributed by atoms with Crippen LogP contribution in [0.3, 0.4) is 0 Å². The second-order valence-corrected chi connectivity index (χ2v) is 4.02. The number of hydrogen-bond acceptors (Lipinski definition) is 4. The van der Waals surface area contributed by atoms with E-state index in [1.54, 1.807) is 17.0 Å². The van der Waals surface area contributed by atoms with E-state index in [1.165, 1.54) is 6.08 Å². The van der Waals surface area contributed by atoms with Crippen molar-refractivity contribution >= 4 is 12.0 Å². The molecule has 0 N–H and O–H groups in total. The largest absolute Gasteiger partial charge is 0.462 e. The van der Waals surface area contributed by atoms with Gasteiger partial charge < -0.3 is 14.1 Å². The van der Waals surface area contributed by atoms with Crippen molar-refractivity contribution in [1.82, 2.24) is 4.90 Å². The molecule has 0 saturated carbocycles. The summed E-state index contributed by atoms with van der Waals surface area (Å²) < 4.78 is 10.5. The number of hydrogen-bond donors (Lipinski definition) is 0. The lowest BCUT2D eigenvalue weighted by molar-refractivity contribution is -0.130. The number of furan rings is 1. The van der Waals surface area contributed by atoms with Gasteiger partial charge in [0.15, 0.2) is 0 Å². The molecule has 0 unspecified atom stereocenters. The number of rotatable bonds is 2. The third kappa shape index (κ3) is 2.79. The van der Waals surface area contributed by atoms with Crippen LogP contribution in [0.2, 0.25) is 0 Å². The zero-order valence-electron chi connectivity index (χ0n) is 10.2. The Hall–Kier alpha value is -2.06. The molecule has 2 rings (SSSR count). The van der Waals surface area contributed by atoms with Gasteiger partial charge in [-0.3, -0.25) is 4.79 Å². The highest BCUT2D eigenvalue weighted by atomic mass is 16.5. The van der Waals surface area contributed by atoms with Crippen LogP contribution in [0.25, 0.3) is 6.08 Å². The van der Waals surface area contributed by atoms with Gasteiger partial charge in [-0.05, 0) is 19.1 Å². The van der Waals surface area contributed by atoms with E-state index < -0.39 is 0 Å². The zero-order chi connectivity index (χ0) is 13.0. The van der Waals surface area contributed by atoms with E-state index in [1.807, 2.05) is 13.0 Å². The monoisotopic (exact) mass is 246 g/mol. The Morgan fingerprint density at radius 2 is 2.17 bits per heavy atom. The summed E-state index contributed by atoms with van der Waals surface area (Å²) in [7, 11) is 0. The summed E-state index contributed by atoms with van der Waals surface area (Å²) in [6.07, 6.45) is 1.48. The number of ether oxygens (including phenoxy) is 1. The van der Waals surface area contributed by atoms with Gasteiger partial charge in [0, 0.05) is 19.2 Å². The van der Waals surface area contributed by atoms with E-state index in [9.17, 15) is 4.79 Å². The molecule has 1 aromatic heterocycles. The van der Waals surface area contributed by atoms with Crippen molar-refractivity contribution in [3.05, 3.63) is 29.2 Å². The molecule has 0 aromatic carbocycles. The highest BCUT2D eigenvalue weighted by Gasteiger charge is 2.20. The number of nitriles is 1. The molecule has 5 nitrogen and oxygen atoms in total. The maximum atomic E-state index is 12.1. The smallest absolute Gasteiger partial charge is 0.264 e. The van der Waals surface area contributed by atoms with Crippen LogP contribution in [0, 0.1) is 18.3 Å². The van der Waals surface area contributed by atoms with Crippen molar-refractivity contribution in [2.75, 3.05) is 26.3 Å². The van der Waals surface area contributed by atoms with Crippen LogP contribution < -0.4 is 0 Å². The van der Waals surface area contributed by atoms with Crippen LogP contribution in [0.5, 0.6) is 0 Å². The fourth-order valence-electron chi connectivity index (χ4n) is 1.75. The van der Waals surface area contributed by atoms with Gasteiger partial charge in [0.25, 0.3) is 5.91 Å². The summed E-state index contributed by atoms with van der Waals surface area (Å²) in [6.45, 7) is 3.89. The van der Waals surface area contributed by atoms with Crippen LogP contribution in [0.15, 0.2) is 22.1 Å². The molecule has 5 heteroatoms. The fraction of sp³-hybridized carbons (Fsp3) is 0.385. The Morgan fingerprint density at radius 3 is 2.72 bits per heavy atom. The number of carbonyl (C=O) groups excluding carboxylic acids is 1. The molecular weight excluding hydrogens is 232 g/mol. The number of amides is 1. The molecule has 1 saturated heterocycles. The highest BCUT2D eigenvalue weighted by Crippen LogP contribution is 2.13. The molecule has 0 atom stereocenters. The van der Waals surface area contributed by atoms with E-state index in [0.29, 0.717) is 32.1 Å². The molecule has 1 aliphatic heterocycles. The van der Waals surface area contributed by atoms with Crippen LogP contribution in [-0.4, -0.2) is 37.1 Å². The van der Waals surface area contributed by atoms with E-state index in [2.05, 4.69) is 0 Å². The first-order valence-corrected chi connectivity index (χ1v) is 5.76. The summed E-state index contributed by atoms with van der Waals surface area (Å²) in [5.74, 6) is 0.998. The molecule has 18 heavy (non-hydrogen) atoms. The number of nitrogens with zero attached hydrogens (tertiary/aromatic N) is 2. The lowest BCUT2D eigenvalue weighted by Gasteiger charge is -2.26. The molecule has 2 heterocycles. The van der Waals surface area contributed by atoms with Gasteiger partial charge in [0.1, 0.15) is 23.2 Å². The molecular formula is C13H14N2O3. The Balaban J connectivity index is 2.15. The van der Waals surface area contributed by atoms with Gasteiger partial charge in [-0.25, -0.2) is 0 Å². The van der Waals surface area contributed by atoms with Crippen molar-refractivity contribution in [1.29, 1.82) is 5.26 Å². The highest BCUT2D eigenvalue weighted by molar-refractivity contribution is 6.01. The quantitative estimate of drug-likeness (QED) is 0.583. The Labute approximate surface area is 105 Å². The zero-order valence-corrected chi connectivity index (χ0v) is 10.2. The van der Waals surface area contributed by atoms with E-state index in [4.69, 9.17) is 14.4 Å². The van der Waals surface area contributed by atoms with Gasteiger partial charge in [0.2, 0.25) is 0 Å². The molecule has 1 aromatic rings. The molecule has 0 bridgehead atoms. The topological polar surface area (TPSA) is 66.5 Å². The van der Waals surface area contributed by atoms with Gasteiger partial charge in [-0.2, -0.15) is 5.26 Å². The van der Waals surface area contributed by atoms with Crippen LogP contribution in [0.1, 0.15) is 11.5 Å². The van der Waals surface area contributed by atoms with E-state index in [0.717, 1.165) is 5.76 Å². The lowest BCUT2D eigenvalue weighted by atomic mass is 10.2. The summed E-state index contributed by atoms with van der Waals surface area (Å²) in [6, 6.07) is 5.45. The standard InChI is InChI=1S/C13H14N2O3/c1-10-2-3-12(18-10)8-11(9-14)13(16)15-4-6-17-7-5-15/h2-3,8H,4-7H2,1H3/b11-8-. The van der Waals surface area contributed by atoms with Gasteiger partial charge in [-0.15, -0.1) is 0 Å². The maximum absolute atomic E-state index is 12.1. The van der Waals surface area contributed by atoms with Crippen LogP contribution >= 0.6 is 0 Å². The van der Waals surface area contributed by atoms with E-state index >= 15 is 0 Å². The fourth-order valence-corrected chi connectivity index (χ4v) is 1.75. The van der Waals surface area contributed by atoms with Crippen molar-refractivity contribution in [3.63, 3.8) is 0 Å². The van der Waals surface area contributed by atoms with Gasteiger partial charge in [0.05, 0.1) is 13.2 Å². The molecule has 94 valence electrons. The molecule has 1 amide bonds. The minimum atomic E-state index is -0.269. The van der Waals surface area contributed by atoms with Crippen molar-refractivity contribution < 1.29 is 13.9 Å². The Bertz CT molecular complexity index is 505. The third-order valence-electron chi connectivity index (χ3n) is 2.70. The SMILES string of the molecule is Cc1ccc(/C=C(/C#N)C(=O)N2CCOCC2)o1. The van der Waals surface area contributed by atoms with E-state index in [-0.39, 0.29) is 11.5 Å². The second-order valence-electron chi connectivity index (χ2n) is 4.02. The first-order valence-electron chi connectivity index (χ1n) is 5.76. The molecule has 1 aliphatic rings. The summed E-state index contributed by atoms with van der Waals surface area (Å²) in [4.78, 5) is 13.7. The average Bonchev–Trinajstić information content (AvgIpc) is 2.82. The summed E-state index contributed by atoms with van der Waals surface area (Å²) in [5.41, 5.74) is 0.0891. The normalized spacial score (nSPS) is 16.4. The number of morpholine rings is 1. The minimum Gasteiger partial charge on any atom is -0.462 e. The molecule has 0 aliphatic carbocycles. The van der Waals surface area contributed by atoms with Crippen molar-refractivity contribution in [3.8, 4) is 6.07 Å². The minimum absolute atomic E-state index is 0.0891. The third-order valence-corrected chi connectivity index (χ3v) is 2.70. The Kier molecular flexibility index (Phi) is 3.80. The molecule has 0 spiro atoms. The summed E-state index contributed by atoms with van der Waals surface area (Å²) >= 11 is 0. The average molecular weight is 246 g/mol. The molecule has 1 fully saturated rings. The first-order chi connectivity index (χ1) is 8.70. The molecule has 0 radical (unpaired) electrons. The van der Waals surface area contributed by atoms with Crippen LogP contribution in [-0.2, 0) is 9.53 Å². The van der Waals surface area contributed by atoms with Crippen molar-refractivity contribution in [2.24, 2.45) is 0 Å². The number of aryl methyl sites for hydroxylation is 1. The predicted octanol–water partition coefficient (Wildman–Crippen LogP) is 1.35. The van der Waals surface area contributed by atoms with Crippen LogP contribution in [0.4, 0.5) is 0 Å². The lowest BCUT2D eigenvalue weighted by Crippen LogP contribution is -2.41. The predicted molar refractivity (Wildman–Crippen MR) is 64.4 cm³/mol. The number of carbonyl (C=O) groups is 1. The maximum Gasteiger partial charge on any atom is 0.264 e. The first kappa shape index (κ1) is 12.4. The van der Waals surface area contributed by atoms with Gasteiger partial charge >= 0.3 is 0 Å².